The van der Waals surface area contributed by atoms with Gasteiger partial charge in [-0.2, -0.15) is 10.2 Å². The minimum atomic E-state index is -3.36. The molecule has 3 rings (SSSR count). The fourth-order valence-corrected chi connectivity index (χ4v) is 3.93. The molecule has 2 aromatic rings. The lowest BCUT2D eigenvalue weighted by molar-refractivity contribution is -0.120. The molecule has 0 radical (unpaired) electrons. The van der Waals surface area contributed by atoms with Gasteiger partial charge in [0.15, 0.2) is 15.7 Å². The molecule has 142 valence electrons. The number of sulfone groups is 1. The number of amides is 1. The number of anilines is 1. The first-order chi connectivity index (χ1) is 12.4. The van der Waals surface area contributed by atoms with Crippen molar-refractivity contribution in [1.82, 2.24) is 19.6 Å². The van der Waals surface area contributed by atoms with Crippen LogP contribution in [0.1, 0.15) is 45.1 Å². The number of nitrogens with zero attached hydrogens (tertiary/aromatic N) is 4. The predicted molar refractivity (Wildman–Crippen MR) is 97.5 cm³/mol. The first kappa shape index (κ1) is 18.6. The van der Waals surface area contributed by atoms with Crippen molar-refractivity contribution in [3.8, 4) is 0 Å². The maximum absolute atomic E-state index is 12.9. The molecule has 8 nitrogen and oxygen atoms in total. The molecule has 0 aromatic carbocycles. The van der Waals surface area contributed by atoms with Crippen LogP contribution in [0.15, 0.2) is 29.6 Å². The fourth-order valence-electron chi connectivity index (χ4n) is 3.39. The molecule has 1 aliphatic carbocycles. The summed E-state index contributed by atoms with van der Waals surface area (Å²) in [5.74, 6) is 0.718. The highest BCUT2D eigenvalue weighted by Gasteiger charge is 2.28. The number of nitrogens with one attached hydrogen (secondary N) is 1. The van der Waals surface area contributed by atoms with Crippen LogP contribution in [0.3, 0.4) is 0 Å². The van der Waals surface area contributed by atoms with Gasteiger partial charge < -0.3 is 5.32 Å². The van der Waals surface area contributed by atoms with Crippen molar-refractivity contribution in [3.05, 3.63) is 24.7 Å². The zero-order valence-corrected chi connectivity index (χ0v) is 15.9. The highest BCUT2D eigenvalue weighted by atomic mass is 32.2. The summed E-state index contributed by atoms with van der Waals surface area (Å²) in [6, 6.07) is 1.19. The van der Waals surface area contributed by atoms with Crippen LogP contribution in [0, 0.1) is 5.92 Å². The Bertz CT molecular complexity index is 865. The van der Waals surface area contributed by atoms with Crippen molar-refractivity contribution in [2.75, 3.05) is 11.6 Å². The smallest absolute Gasteiger partial charge is 0.250 e. The van der Waals surface area contributed by atoms with Crippen molar-refractivity contribution in [2.24, 2.45) is 5.92 Å². The van der Waals surface area contributed by atoms with Crippen LogP contribution in [0.4, 0.5) is 5.82 Å². The lowest BCUT2D eigenvalue weighted by Crippen LogP contribution is -2.28. The Morgan fingerprint density at radius 3 is 2.69 bits per heavy atom. The van der Waals surface area contributed by atoms with E-state index in [1.807, 2.05) is 6.92 Å². The van der Waals surface area contributed by atoms with E-state index in [1.165, 1.54) is 29.9 Å². The molecule has 0 bridgehead atoms. The summed E-state index contributed by atoms with van der Waals surface area (Å²) in [7, 11) is -3.36. The normalized spacial score (nSPS) is 16.7. The molecule has 1 aliphatic rings. The van der Waals surface area contributed by atoms with E-state index in [0.29, 0.717) is 18.2 Å². The van der Waals surface area contributed by atoms with Crippen molar-refractivity contribution in [1.29, 1.82) is 0 Å². The van der Waals surface area contributed by atoms with Crippen LogP contribution in [0.2, 0.25) is 0 Å². The second-order valence-corrected chi connectivity index (χ2v) is 8.89. The first-order valence-electron chi connectivity index (χ1n) is 8.95. The van der Waals surface area contributed by atoms with Crippen LogP contribution in [0.5, 0.6) is 0 Å². The van der Waals surface area contributed by atoms with Crippen LogP contribution in [-0.2, 0) is 21.2 Å². The Morgan fingerprint density at radius 1 is 1.38 bits per heavy atom. The molecule has 1 N–H and O–H groups in total. The SMILES string of the molecule is CCn1ccc(NC(=O)[C@H](CC2CCCC2)n2cc(S(C)(=O)=O)cn2)n1. The van der Waals surface area contributed by atoms with E-state index in [4.69, 9.17) is 0 Å². The third-order valence-corrected chi connectivity index (χ3v) is 5.94. The van der Waals surface area contributed by atoms with E-state index < -0.39 is 15.9 Å². The van der Waals surface area contributed by atoms with E-state index in [1.54, 1.807) is 16.9 Å². The lowest BCUT2D eigenvalue weighted by atomic mass is 9.98. The van der Waals surface area contributed by atoms with Gasteiger partial charge in [-0.25, -0.2) is 8.42 Å². The maximum atomic E-state index is 12.9. The molecule has 26 heavy (non-hydrogen) atoms. The monoisotopic (exact) mass is 379 g/mol. The molecule has 2 aromatic heterocycles. The van der Waals surface area contributed by atoms with Gasteiger partial charge in [0.25, 0.3) is 0 Å². The highest BCUT2D eigenvalue weighted by molar-refractivity contribution is 7.90. The number of carbonyl (C=O) groups excluding carboxylic acids is 1. The van der Waals surface area contributed by atoms with Gasteiger partial charge in [-0.15, -0.1) is 0 Å². The first-order valence-corrected chi connectivity index (χ1v) is 10.8. The Morgan fingerprint density at radius 2 is 2.12 bits per heavy atom. The largest absolute Gasteiger partial charge is 0.307 e. The zero-order chi connectivity index (χ0) is 18.7. The Labute approximate surface area is 153 Å². The fraction of sp³-hybridized carbons (Fsp3) is 0.588. The van der Waals surface area contributed by atoms with Crippen molar-refractivity contribution >= 4 is 21.6 Å². The van der Waals surface area contributed by atoms with Gasteiger partial charge >= 0.3 is 0 Å². The summed E-state index contributed by atoms with van der Waals surface area (Å²) < 4.78 is 26.7. The number of aryl methyl sites for hydroxylation is 1. The molecule has 0 unspecified atom stereocenters. The highest BCUT2D eigenvalue weighted by Crippen LogP contribution is 2.32. The quantitative estimate of drug-likeness (QED) is 0.795. The molecule has 0 aliphatic heterocycles. The van der Waals surface area contributed by atoms with Gasteiger partial charge in [-0.3, -0.25) is 14.2 Å². The van der Waals surface area contributed by atoms with Gasteiger partial charge in [0, 0.05) is 31.3 Å². The summed E-state index contributed by atoms with van der Waals surface area (Å²) >= 11 is 0. The Hall–Kier alpha value is -2.16. The summed E-state index contributed by atoms with van der Waals surface area (Å²) in [6.07, 6.45) is 10.9. The molecule has 1 fully saturated rings. The number of rotatable bonds is 7. The van der Waals surface area contributed by atoms with Crippen LogP contribution < -0.4 is 5.32 Å². The molecular weight excluding hydrogens is 354 g/mol. The molecule has 2 heterocycles. The molecule has 9 heteroatoms. The molecule has 0 saturated heterocycles. The van der Waals surface area contributed by atoms with Crippen LogP contribution >= 0.6 is 0 Å². The minimum absolute atomic E-state index is 0.122. The minimum Gasteiger partial charge on any atom is -0.307 e. The second-order valence-electron chi connectivity index (χ2n) is 6.88. The van der Waals surface area contributed by atoms with Gasteiger partial charge in [-0.05, 0) is 19.3 Å². The van der Waals surface area contributed by atoms with E-state index in [9.17, 15) is 13.2 Å². The third-order valence-electron chi connectivity index (χ3n) is 4.88. The lowest BCUT2D eigenvalue weighted by Gasteiger charge is -2.20. The van der Waals surface area contributed by atoms with Gasteiger partial charge in [0.1, 0.15) is 10.9 Å². The van der Waals surface area contributed by atoms with E-state index in [2.05, 4.69) is 15.5 Å². The van der Waals surface area contributed by atoms with E-state index >= 15 is 0 Å². The molecular formula is C17H25N5O3S. The number of hydrogen-bond acceptors (Lipinski definition) is 5. The van der Waals surface area contributed by atoms with E-state index in [0.717, 1.165) is 25.6 Å². The van der Waals surface area contributed by atoms with Gasteiger partial charge in [0.2, 0.25) is 5.91 Å². The topological polar surface area (TPSA) is 98.9 Å². The molecule has 1 atom stereocenters. The number of hydrogen-bond donors (Lipinski definition) is 1. The summed E-state index contributed by atoms with van der Waals surface area (Å²) in [6.45, 7) is 2.69. The van der Waals surface area contributed by atoms with Gasteiger partial charge in [-0.1, -0.05) is 25.7 Å². The molecule has 1 amide bonds. The number of aromatic nitrogens is 4. The van der Waals surface area contributed by atoms with Crippen molar-refractivity contribution < 1.29 is 13.2 Å². The average Bonchev–Trinajstić information content (AvgIpc) is 3.32. The van der Waals surface area contributed by atoms with Crippen molar-refractivity contribution in [2.45, 2.75) is 56.5 Å². The Kier molecular flexibility index (Phi) is 5.45. The molecule has 1 saturated carbocycles. The second kappa shape index (κ2) is 7.61. The van der Waals surface area contributed by atoms with Crippen molar-refractivity contribution in [3.63, 3.8) is 0 Å². The zero-order valence-electron chi connectivity index (χ0n) is 15.1. The number of carbonyl (C=O) groups is 1. The summed E-state index contributed by atoms with van der Waals surface area (Å²) in [4.78, 5) is 13.0. The third kappa shape index (κ3) is 4.32. The molecule has 0 spiro atoms. The van der Waals surface area contributed by atoms with E-state index in [-0.39, 0.29) is 10.8 Å². The van der Waals surface area contributed by atoms with Crippen LogP contribution in [0.25, 0.3) is 0 Å². The van der Waals surface area contributed by atoms with Gasteiger partial charge in [0.05, 0.1) is 6.20 Å². The Balaban J connectivity index is 1.82. The summed E-state index contributed by atoms with van der Waals surface area (Å²) in [5, 5.41) is 11.3. The predicted octanol–water partition coefficient (Wildman–Crippen LogP) is 2.26. The standard InChI is InChI=1S/C17H25N5O3S/c1-3-21-9-8-16(20-21)19-17(23)15(10-13-6-4-5-7-13)22-12-14(11-18-22)26(2,24)25/h8-9,11-13,15H,3-7,10H2,1-2H3,(H,19,20,23)/t15-/m0/s1. The van der Waals surface area contributed by atoms with Crippen LogP contribution in [-0.4, -0.2) is 40.1 Å². The average molecular weight is 379 g/mol. The maximum Gasteiger partial charge on any atom is 0.250 e. The summed E-state index contributed by atoms with van der Waals surface area (Å²) in [5.41, 5.74) is 0.